The quantitative estimate of drug-likeness (QED) is 0.906. The molecule has 0 saturated carbocycles. The Balaban J connectivity index is 2.02. The number of nitrogens with zero attached hydrogens (tertiary/aromatic N) is 2. The molecule has 1 aromatic heterocycles. The first-order valence-electron chi connectivity index (χ1n) is 5.92. The molecule has 1 heterocycles. The molecule has 2 N–H and O–H groups in total. The zero-order chi connectivity index (χ0) is 14.0. The lowest BCUT2D eigenvalue weighted by Crippen LogP contribution is -2.13. The molecule has 0 bridgehead atoms. The third-order valence-corrected chi connectivity index (χ3v) is 3.23. The molecule has 2 aromatic rings. The van der Waals surface area contributed by atoms with Crippen LogP contribution in [0.15, 0.2) is 18.2 Å². The van der Waals surface area contributed by atoms with Crippen LogP contribution in [0.3, 0.4) is 0 Å². The molecule has 0 unspecified atom stereocenters. The van der Waals surface area contributed by atoms with Crippen LogP contribution in [0.5, 0.6) is 5.75 Å². The molecule has 0 aliphatic rings. The molecule has 4 nitrogen and oxygen atoms in total. The Labute approximate surface area is 115 Å². The molecule has 6 heteroatoms. The van der Waals surface area contributed by atoms with Crippen molar-refractivity contribution in [1.29, 1.82) is 0 Å². The average Bonchev–Trinajstić information content (AvgIpc) is 2.79. The van der Waals surface area contributed by atoms with Gasteiger partial charge in [0.15, 0.2) is 11.6 Å². The highest BCUT2D eigenvalue weighted by molar-refractivity contribution is 7.09. The normalized spacial score (nSPS) is 11.6. The van der Waals surface area contributed by atoms with Gasteiger partial charge in [0.05, 0.1) is 0 Å². The molecule has 0 atom stereocenters. The van der Waals surface area contributed by atoms with Crippen LogP contribution in [0.25, 0.3) is 0 Å². The van der Waals surface area contributed by atoms with Gasteiger partial charge < -0.3 is 10.4 Å². The van der Waals surface area contributed by atoms with Crippen LogP contribution in [0, 0.1) is 5.82 Å². The second kappa shape index (κ2) is 5.13. The number of anilines is 1. The smallest absolute Gasteiger partial charge is 0.202 e. The van der Waals surface area contributed by atoms with E-state index in [0.717, 1.165) is 11.4 Å². The number of phenolic OH excluding ortho intramolecular Hbond substituents is 1. The van der Waals surface area contributed by atoms with Crippen molar-refractivity contribution in [2.45, 2.75) is 32.7 Å². The van der Waals surface area contributed by atoms with Gasteiger partial charge in [-0.25, -0.2) is 9.37 Å². The average molecular weight is 281 g/mol. The molecule has 2 rings (SSSR count). The highest BCUT2D eigenvalue weighted by atomic mass is 32.1. The van der Waals surface area contributed by atoms with Crippen LogP contribution < -0.4 is 5.32 Å². The predicted octanol–water partition coefficient (Wildman–Crippen LogP) is 3.29. The van der Waals surface area contributed by atoms with Gasteiger partial charge in [-0.1, -0.05) is 26.8 Å². The highest BCUT2D eigenvalue weighted by Gasteiger charge is 2.19. The fraction of sp³-hybridized carbons (Fsp3) is 0.385. The maximum absolute atomic E-state index is 13.2. The van der Waals surface area contributed by atoms with Crippen molar-refractivity contribution in [3.05, 3.63) is 35.4 Å². The zero-order valence-electron chi connectivity index (χ0n) is 11.1. The summed E-state index contributed by atoms with van der Waals surface area (Å²) >= 11 is 1.29. The molecular weight excluding hydrogens is 265 g/mol. The Morgan fingerprint density at radius 1 is 1.37 bits per heavy atom. The number of rotatable bonds is 3. The Bertz CT molecular complexity index is 578. The molecule has 0 fully saturated rings. The zero-order valence-corrected chi connectivity index (χ0v) is 11.9. The molecule has 0 aliphatic heterocycles. The van der Waals surface area contributed by atoms with Crippen LogP contribution >= 0.6 is 11.5 Å². The van der Waals surface area contributed by atoms with Crippen molar-refractivity contribution in [2.24, 2.45) is 0 Å². The van der Waals surface area contributed by atoms with Gasteiger partial charge in [-0.3, -0.25) is 0 Å². The Kier molecular flexibility index (Phi) is 3.71. The third kappa shape index (κ3) is 3.41. The van der Waals surface area contributed by atoms with Gasteiger partial charge in [-0.05, 0) is 17.7 Å². The summed E-state index contributed by atoms with van der Waals surface area (Å²) in [7, 11) is 0. The van der Waals surface area contributed by atoms with E-state index in [1.54, 1.807) is 6.07 Å². The standard InChI is InChI=1S/C13H16FN3OS/c1-13(2,3)11-16-12(19-17-11)15-7-8-4-5-10(18)9(14)6-8/h4-6,18H,7H2,1-3H3,(H,15,16,17). The number of benzene rings is 1. The summed E-state index contributed by atoms with van der Waals surface area (Å²) in [5.74, 6) is -0.168. The van der Waals surface area contributed by atoms with E-state index in [1.165, 1.54) is 23.7 Å². The van der Waals surface area contributed by atoms with Crippen molar-refractivity contribution >= 4 is 16.7 Å². The van der Waals surface area contributed by atoms with Crippen LogP contribution in [0.4, 0.5) is 9.52 Å². The summed E-state index contributed by atoms with van der Waals surface area (Å²) in [5.41, 5.74) is 0.656. The predicted molar refractivity (Wildman–Crippen MR) is 74.0 cm³/mol. The van der Waals surface area contributed by atoms with Gasteiger partial charge in [-0.15, -0.1) is 0 Å². The van der Waals surface area contributed by atoms with E-state index in [0.29, 0.717) is 11.7 Å². The number of halogens is 1. The largest absolute Gasteiger partial charge is 0.505 e. The Morgan fingerprint density at radius 3 is 2.68 bits per heavy atom. The number of aromatic hydroxyl groups is 1. The van der Waals surface area contributed by atoms with E-state index in [2.05, 4.69) is 14.7 Å². The molecule has 102 valence electrons. The summed E-state index contributed by atoms with van der Waals surface area (Å²) in [4.78, 5) is 4.39. The van der Waals surface area contributed by atoms with Crippen molar-refractivity contribution in [1.82, 2.24) is 9.36 Å². The molecule has 0 spiro atoms. The lowest BCUT2D eigenvalue weighted by molar-refractivity contribution is 0.432. The van der Waals surface area contributed by atoms with Gasteiger partial charge in [0.25, 0.3) is 0 Å². The number of hydrogen-bond acceptors (Lipinski definition) is 5. The number of nitrogens with one attached hydrogen (secondary N) is 1. The van der Waals surface area contributed by atoms with Gasteiger partial charge in [-0.2, -0.15) is 4.37 Å². The maximum Gasteiger partial charge on any atom is 0.202 e. The van der Waals surface area contributed by atoms with Crippen LogP contribution in [-0.4, -0.2) is 14.5 Å². The maximum atomic E-state index is 13.2. The summed E-state index contributed by atoms with van der Waals surface area (Å²) in [5, 5.41) is 12.9. The van der Waals surface area contributed by atoms with E-state index >= 15 is 0 Å². The van der Waals surface area contributed by atoms with E-state index in [-0.39, 0.29) is 11.2 Å². The first kappa shape index (κ1) is 13.7. The van der Waals surface area contributed by atoms with Crippen LogP contribution in [-0.2, 0) is 12.0 Å². The molecule has 0 saturated heterocycles. The Morgan fingerprint density at radius 2 is 2.11 bits per heavy atom. The topological polar surface area (TPSA) is 58.0 Å². The van der Waals surface area contributed by atoms with Gasteiger partial charge in [0.1, 0.15) is 5.82 Å². The fourth-order valence-electron chi connectivity index (χ4n) is 1.44. The second-order valence-corrected chi connectivity index (χ2v) is 6.06. The van der Waals surface area contributed by atoms with Gasteiger partial charge >= 0.3 is 0 Å². The lowest BCUT2D eigenvalue weighted by atomic mass is 9.96. The molecule has 0 aliphatic carbocycles. The number of aromatic nitrogens is 2. The van der Waals surface area contributed by atoms with Crippen molar-refractivity contribution < 1.29 is 9.50 Å². The minimum Gasteiger partial charge on any atom is -0.505 e. The molecule has 0 radical (unpaired) electrons. The van der Waals surface area contributed by atoms with E-state index < -0.39 is 5.82 Å². The highest BCUT2D eigenvalue weighted by Crippen LogP contribution is 2.23. The van der Waals surface area contributed by atoms with Crippen LogP contribution in [0.1, 0.15) is 32.2 Å². The molecule has 0 amide bonds. The summed E-state index contributed by atoms with van der Waals surface area (Å²) in [6.45, 7) is 6.59. The van der Waals surface area contributed by atoms with Crippen molar-refractivity contribution in [3.63, 3.8) is 0 Å². The number of hydrogen-bond donors (Lipinski definition) is 2. The lowest BCUT2D eigenvalue weighted by Gasteiger charge is -2.12. The second-order valence-electron chi connectivity index (χ2n) is 5.31. The minimum absolute atomic E-state index is 0.0823. The summed E-state index contributed by atoms with van der Waals surface area (Å²) in [6.07, 6.45) is 0. The van der Waals surface area contributed by atoms with Gasteiger partial charge in [0, 0.05) is 23.5 Å². The minimum atomic E-state index is -0.619. The SMILES string of the molecule is CC(C)(C)c1nsc(NCc2ccc(O)c(F)c2)n1. The van der Waals surface area contributed by atoms with Crippen molar-refractivity contribution in [3.8, 4) is 5.75 Å². The molecule has 19 heavy (non-hydrogen) atoms. The summed E-state index contributed by atoms with van der Waals surface area (Å²) < 4.78 is 17.4. The van der Waals surface area contributed by atoms with E-state index in [9.17, 15) is 4.39 Å². The fourth-order valence-corrected chi connectivity index (χ4v) is 2.19. The third-order valence-electron chi connectivity index (χ3n) is 2.55. The van der Waals surface area contributed by atoms with Gasteiger partial charge in [0.2, 0.25) is 5.13 Å². The van der Waals surface area contributed by atoms with Crippen LogP contribution in [0.2, 0.25) is 0 Å². The van der Waals surface area contributed by atoms with E-state index in [4.69, 9.17) is 5.11 Å². The first-order chi connectivity index (χ1) is 8.86. The monoisotopic (exact) mass is 281 g/mol. The van der Waals surface area contributed by atoms with E-state index in [1.807, 2.05) is 20.8 Å². The molecule has 1 aromatic carbocycles. The summed E-state index contributed by atoms with van der Waals surface area (Å²) in [6, 6.07) is 4.30. The van der Waals surface area contributed by atoms with Crippen molar-refractivity contribution in [2.75, 3.05) is 5.32 Å². The Hall–Kier alpha value is -1.69. The first-order valence-corrected chi connectivity index (χ1v) is 6.69. The molecular formula is C13H16FN3OS. The number of phenols is 1.